The van der Waals surface area contributed by atoms with E-state index in [4.69, 9.17) is 44.9 Å². The Hall–Kier alpha value is -3.04. The molecule has 0 aliphatic carbocycles. The molecule has 4 rings (SSSR count). The molecule has 0 bridgehead atoms. The zero-order valence-electron chi connectivity index (χ0n) is 19.0. The molecule has 1 aliphatic rings. The van der Waals surface area contributed by atoms with Crippen molar-refractivity contribution >= 4 is 80.8 Å². The van der Waals surface area contributed by atoms with E-state index in [1.807, 2.05) is 6.92 Å². The van der Waals surface area contributed by atoms with Crippen molar-refractivity contribution in [2.45, 2.75) is 6.92 Å². The van der Waals surface area contributed by atoms with Gasteiger partial charge in [0.25, 0.3) is 11.8 Å². The minimum atomic E-state index is -0.283. The summed E-state index contributed by atoms with van der Waals surface area (Å²) in [5.41, 5.74) is 2.00. The molecule has 1 heterocycles. The Morgan fingerprint density at radius 1 is 1.00 bits per heavy atom. The Morgan fingerprint density at radius 3 is 2.33 bits per heavy atom. The van der Waals surface area contributed by atoms with E-state index in [0.717, 1.165) is 11.3 Å². The van der Waals surface area contributed by atoms with E-state index < -0.39 is 0 Å². The monoisotopic (exact) mass is 558 g/mol. The highest BCUT2D eigenvalue weighted by molar-refractivity contribution is 8.27. The average Bonchev–Trinajstić information content (AvgIpc) is 3.14. The lowest BCUT2D eigenvalue weighted by atomic mass is 10.2. The van der Waals surface area contributed by atoms with Crippen LogP contribution in [0, 0.1) is 0 Å². The maximum Gasteiger partial charge on any atom is 0.270 e. The summed E-state index contributed by atoms with van der Waals surface area (Å²) in [4.78, 5) is 27.1. The Kier molecular flexibility index (Phi) is 8.53. The van der Waals surface area contributed by atoms with Crippen LogP contribution in [-0.4, -0.2) is 29.3 Å². The highest BCUT2D eigenvalue weighted by Gasteiger charge is 2.33. The second kappa shape index (κ2) is 11.8. The number of hydrogen-bond acceptors (Lipinski definition) is 6. The molecule has 0 aromatic heterocycles. The van der Waals surface area contributed by atoms with Crippen LogP contribution in [0.3, 0.4) is 0 Å². The average molecular weight is 559 g/mol. The number of amides is 2. The first-order chi connectivity index (χ1) is 17.3. The van der Waals surface area contributed by atoms with Gasteiger partial charge in [-0.15, -0.1) is 0 Å². The molecule has 36 heavy (non-hydrogen) atoms. The number of thioether (sulfide) groups is 1. The van der Waals surface area contributed by atoms with Gasteiger partial charge >= 0.3 is 0 Å². The van der Waals surface area contributed by atoms with Crippen LogP contribution in [-0.2, 0) is 9.59 Å². The van der Waals surface area contributed by atoms with Gasteiger partial charge in [0.1, 0.15) is 11.5 Å². The lowest BCUT2D eigenvalue weighted by Gasteiger charge is -2.15. The van der Waals surface area contributed by atoms with E-state index in [1.54, 1.807) is 72.8 Å². The number of anilines is 2. The number of carbonyl (C=O) groups is 2. The number of rotatable bonds is 8. The first-order valence-corrected chi connectivity index (χ1v) is 12.8. The van der Waals surface area contributed by atoms with Gasteiger partial charge in [-0.2, -0.15) is 0 Å². The molecule has 184 valence electrons. The first kappa shape index (κ1) is 26.0. The second-order valence-electron chi connectivity index (χ2n) is 7.48. The number of nitrogens with zero attached hydrogens (tertiary/aromatic N) is 1. The fourth-order valence-electron chi connectivity index (χ4n) is 3.27. The number of benzene rings is 3. The second-order valence-corrected chi connectivity index (χ2v) is 9.97. The summed E-state index contributed by atoms with van der Waals surface area (Å²) in [5.74, 6) is 0.740. The molecular formula is C26H20Cl2N2O4S2. The van der Waals surface area contributed by atoms with Gasteiger partial charge in [-0.3, -0.25) is 14.5 Å². The van der Waals surface area contributed by atoms with Crippen molar-refractivity contribution in [3.8, 4) is 11.5 Å². The number of carbonyl (C=O) groups excluding carboxylic acids is 2. The molecule has 3 aromatic carbocycles. The van der Waals surface area contributed by atoms with Gasteiger partial charge in [0, 0.05) is 5.69 Å². The third kappa shape index (κ3) is 6.39. The van der Waals surface area contributed by atoms with Crippen LogP contribution in [0.15, 0.2) is 71.6 Å². The van der Waals surface area contributed by atoms with Gasteiger partial charge < -0.3 is 14.8 Å². The van der Waals surface area contributed by atoms with Crippen LogP contribution in [0.1, 0.15) is 12.5 Å². The molecule has 1 saturated heterocycles. The van der Waals surface area contributed by atoms with Crippen molar-refractivity contribution in [2.24, 2.45) is 0 Å². The van der Waals surface area contributed by atoms with E-state index in [1.165, 1.54) is 16.7 Å². The molecule has 0 radical (unpaired) electrons. The van der Waals surface area contributed by atoms with Crippen molar-refractivity contribution in [1.29, 1.82) is 0 Å². The number of halogens is 2. The third-order valence-electron chi connectivity index (χ3n) is 4.95. The molecular weight excluding hydrogens is 539 g/mol. The Labute approximate surface area is 228 Å². The van der Waals surface area contributed by atoms with Crippen LogP contribution in [0.4, 0.5) is 11.4 Å². The smallest absolute Gasteiger partial charge is 0.270 e. The summed E-state index contributed by atoms with van der Waals surface area (Å²) in [6.07, 6.45) is 1.75. The van der Waals surface area contributed by atoms with Gasteiger partial charge in [-0.1, -0.05) is 59.3 Å². The minimum Gasteiger partial charge on any atom is -0.494 e. The number of thiocarbonyl (C=S) groups is 1. The molecule has 0 atom stereocenters. The molecule has 1 aliphatic heterocycles. The standard InChI is InChI=1S/C26H20Cl2N2O4S2/c1-2-33-19-10-5-17(6-11-19)29-24(31)15-34-20-8-3-16(4-9-20)13-23-25(32)30(26(35)36-23)18-7-12-21(27)22(28)14-18/h3-14H,2,15H2,1H3,(H,29,31)/b23-13-. The van der Waals surface area contributed by atoms with Crippen LogP contribution in [0.25, 0.3) is 6.08 Å². The van der Waals surface area contributed by atoms with Crippen molar-refractivity contribution in [2.75, 3.05) is 23.4 Å². The zero-order chi connectivity index (χ0) is 25.7. The summed E-state index contributed by atoms with van der Waals surface area (Å²) in [5, 5.41) is 3.52. The van der Waals surface area contributed by atoms with Crippen molar-refractivity contribution < 1.29 is 19.1 Å². The first-order valence-electron chi connectivity index (χ1n) is 10.8. The van der Waals surface area contributed by atoms with Gasteiger partial charge in [0.15, 0.2) is 10.9 Å². The molecule has 0 spiro atoms. The summed E-state index contributed by atoms with van der Waals surface area (Å²) in [6, 6.07) is 19.1. The van der Waals surface area contributed by atoms with E-state index in [0.29, 0.717) is 43.0 Å². The largest absolute Gasteiger partial charge is 0.494 e. The SMILES string of the molecule is CCOc1ccc(NC(=O)COc2ccc(/C=C3\SC(=S)N(c4ccc(Cl)c(Cl)c4)C3=O)cc2)cc1. The summed E-state index contributed by atoms with van der Waals surface area (Å²) in [6.45, 7) is 2.34. The number of nitrogens with one attached hydrogen (secondary N) is 1. The minimum absolute atomic E-state index is 0.144. The highest BCUT2D eigenvalue weighted by atomic mass is 35.5. The van der Waals surface area contributed by atoms with Gasteiger partial charge in [0.05, 0.1) is 27.2 Å². The topological polar surface area (TPSA) is 67.9 Å². The highest BCUT2D eigenvalue weighted by Crippen LogP contribution is 2.38. The van der Waals surface area contributed by atoms with E-state index in [-0.39, 0.29) is 18.4 Å². The predicted molar refractivity (Wildman–Crippen MR) is 150 cm³/mol. The molecule has 1 N–H and O–H groups in total. The van der Waals surface area contributed by atoms with Crippen LogP contribution >= 0.6 is 47.2 Å². The summed E-state index contributed by atoms with van der Waals surface area (Å²) < 4.78 is 11.4. The predicted octanol–water partition coefficient (Wildman–Crippen LogP) is 6.82. The van der Waals surface area contributed by atoms with E-state index in [9.17, 15) is 9.59 Å². The Morgan fingerprint density at radius 2 is 1.67 bits per heavy atom. The maximum absolute atomic E-state index is 13.0. The molecule has 0 unspecified atom stereocenters. The fraction of sp³-hybridized carbons (Fsp3) is 0.115. The summed E-state index contributed by atoms with van der Waals surface area (Å²) >= 11 is 18.7. The fourth-order valence-corrected chi connectivity index (χ4v) is 4.86. The lowest BCUT2D eigenvalue weighted by molar-refractivity contribution is -0.118. The van der Waals surface area contributed by atoms with Crippen molar-refractivity contribution in [1.82, 2.24) is 0 Å². The molecule has 3 aromatic rings. The van der Waals surface area contributed by atoms with Gasteiger partial charge in [-0.25, -0.2) is 0 Å². The molecule has 0 saturated carbocycles. The molecule has 1 fully saturated rings. The molecule has 6 nitrogen and oxygen atoms in total. The van der Waals surface area contributed by atoms with Crippen molar-refractivity contribution in [3.63, 3.8) is 0 Å². The number of hydrogen-bond donors (Lipinski definition) is 1. The van der Waals surface area contributed by atoms with Gasteiger partial charge in [-0.05, 0) is 73.2 Å². The maximum atomic E-state index is 13.0. The molecule has 2 amide bonds. The van der Waals surface area contributed by atoms with Crippen LogP contribution in [0.5, 0.6) is 11.5 Å². The van der Waals surface area contributed by atoms with E-state index >= 15 is 0 Å². The van der Waals surface area contributed by atoms with Gasteiger partial charge in [0.2, 0.25) is 0 Å². The third-order valence-corrected chi connectivity index (χ3v) is 6.99. The molecule has 10 heteroatoms. The Bertz CT molecular complexity index is 1330. The van der Waals surface area contributed by atoms with E-state index in [2.05, 4.69) is 5.32 Å². The number of ether oxygens (including phenoxy) is 2. The van der Waals surface area contributed by atoms with Crippen LogP contribution < -0.4 is 19.7 Å². The summed E-state index contributed by atoms with van der Waals surface area (Å²) in [7, 11) is 0. The normalized spacial score (nSPS) is 14.3. The Balaban J connectivity index is 1.34. The lowest BCUT2D eigenvalue weighted by Crippen LogP contribution is -2.27. The van der Waals surface area contributed by atoms with Crippen molar-refractivity contribution in [3.05, 3.63) is 87.2 Å². The zero-order valence-corrected chi connectivity index (χ0v) is 22.1. The quantitative estimate of drug-likeness (QED) is 0.242. The van der Waals surface area contributed by atoms with Crippen LogP contribution in [0.2, 0.25) is 10.0 Å².